The van der Waals surface area contributed by atoms with E-state index in [-0.39, 0.29) is 6.04 Å². The van der Waals surface area contributed by atoms with E-state index < -0.39 is 6.09 Å². The van der Waals surface area contributed by atoms with E-state index in [9.17, 15) is 4.79 Å². The number of amides is 1. The number of carboxylic acid groups (broad SMARTS) is 1. The van der Waals surface area contributed by atoms with Crippen molar-refractivity contribution in [1.29, 1.82) is 0 Å². The molecule has 0 spiro atoms. The summed E-state index contributed by atoms with van der Waals surface area (Å²) >= 11 is 0. The Morgan fingerprint density at radius 3 is 3.00 bits per heavy atom. The summed E-state index contributed by atoms with van der Waals surface area (Å²) in [5.41, 5.74) is 1.08. The van der Waals surface area contributed by atoms with Gasteiger partial charge in [-0.25, -0.2) is 4.79 Å². The van der Waals surface area contributed by atoms with E-state index >= 15 is 0 Å². The minimum absolute atomic E-state index is 0.0636. The van der Waals surface area contributed by atoms with E-state index in [1.54, 1.807) is 14.2 Å². The Morgan fingerprint density at radius 2 is 2.33 bits per heavy atom. The Labute approximate surface area is 107 Å². The van der Waals surface area contributed by atoms with Crippen LogP contribution in [0.1, 0.15) is 6.42 Å². The third-order valence-corrected chi connectivity index (χ3v) is 3.43. The highest BCUT2D eigenvalue weighted by Gasteiger charge is 2.28. The molecule has 0 unspecified atom stereocenters. The van der Waals surface area contributed by atoms with Gasteiger partial charge in [-0.1, -0.05) is 6.07 Å². The maximum Gasteiger partial charge on any atom is 0.407 e. The quantitative estimate of drug-likeness (QED) is 0.890. The molecule has 0 bridgehead atoms. The molecule has 1 aromatic carbocycles. The molecule has 1 aliphatic rings. The van der Waals surface area contributed by atoms with Gasteiger partial charge in [0.25, 0.3) is 0 Å². The van der Waals surface area contributed by atoms with Gasteiger partial charge >= 0.3 is 6.09 Å². The van der Waals surface area contributed by atoms with Crippen molar-refractivity contribution in [3.05, 3.63) is 24.3 Å². The number of hydrogen-bond donors (Lipinski definition) is 1. The molecule has 0 saturated carbocycles. The highest BCUT2D eigenvalue weighted by atomic mass is 16.5. The molecule has 2 rings (SSSR count). The van der Waals surface area contributed by atoms with E-state index in [2.05, 4.69) is 4.90 Å². The van der Waals surface area contributed by atoms with E-state index in [1.165, 1.54) is 4.90 Å². The summed E-state index contributed by atoms with van der Waals surface area (Å²) < 4.78 is 5.20. The van der Waals surface area contributed by atoms with E-state index in [0.717, 1.165) is 30.9 Å². The van der Waals surface area contributed by atoms with Gasteiger partial charge in [0.15, 0.2) is 0 Å². The Hall–Kier alpha value is -1.91. The van der Waals surface area contributed by atoms with Crippen LogP contribution >= 0.6 is 0 Å². The molecule has 0 aromatic heterocycles. The molecule has 98 valence electrons. The molecule has 0 radical (unpaired) electrons. The molecule has 1 fully saturated rings. The second-order valence-corrected chi connectivity index (χ2v) is 4.48. The van der Waals surface area contributed by atoms with Crippen molar-refractivity contribution < 1.29 is 14.6 Å². The molecule has 1 aromatic rings. The summed E-state index contributed by atoms with van der Waals surface area (Å²) in [6.45, 7) is 1.60. The van der Waals surface area contributed by atoms with E-state index in [0.29, 0.717) is 0 Å². The van der Waals surface area contributed by atoms with Gasteiger partial charge in [-0.2, -0.15) is 0 Å². The second-order valence-electron chi connectivity index (χ2n) is 4.48. The zero-order valence-corrected chi connectivity index (χ0v) is 10.7. The second kappa shape index (κ2) is 5.16. The van der Waals surface area contributed by atoms with Crippen LogP contribution in [-0.4, -0.2) is 49.4 Å². The molecule has 5 nitrogen and oxygen atoms in total. The van der Waals surface area contributed by atoms with Gasteiger partial charge < -0.3 is 19.6 Å². The molecule has 1 N–H and O–H groups in total. The summed E-state index contributed by atoms with van der Waals surface area (Å²) in [6.07, 6.45) is -0.00694. The zero-order chi connectivity index (χ0) is 13.1. The number of nitrogens with zero attached hydrogens (tertiary/aromatic N) is 2. The Balaban J connectivity index is 2.06. The van der Waals surface area contributed by atoms with Crippen molar-refractivity contribution in [3.8, 4) is 5.75 Å². The molecule has 1 atom stereocenters. The number of methoxy groups -OCH3 is 1. The molecule has 1 saturated heterocycles. The number of anilines is 1. The van der Waals surface area contributed by atoms with Crippen molar-refractivity contribution >= 4 is 11.8 Å². The average Bonchev–Trinajstić information content (AvgIpc) is 2.87. The lowest BCUT2D eigenvalue weighted by molar-refractivity contribution is 0.142. The smallest absolute Gasteiger partial charge is 0.407 e. The fraction of sp³-hybridized carbons (Fsp3) is 0.462. The fourth-order valence-electron chi connectivity index (χ4n) is 2.26. The molecule has 0 aliphatic carbocycles. The number of carbonyl (C=O) groups is 1. The standard InChI is InChI=1S/C13H18N2O3/c1-14(13(16)17)11-6-7-15(9-11)10-4-3-5-12(8-10)18-2/h3-5,8,11H,6-7,9H2,1-2H3,(H,16,17)/t11-/m0/s1. The maximum atomic E-state index is 10.9. The molecule has 1 heterocycles. The third kappa shape index (κ3) is 2.50. The normalized spacial score (nSPS) is 18.8. The van der Waals surface area contributed by atoms with Gasteiger partial charge in [0.05, 0.1) is 13.2 Å². The Morgan fingerprint density at radius 1 is 1.56 bits per heavy atom. The van der Waals surface area contributed by atoms with Crippen LogP contribution in [0, 0.1) is 0 Å². The fourth-order valence-corrected chi connectivity index (χ4v) is 2.26. The van der Waals surface area contributed by atoms with Crippen LogP contribution in [0.3, 0.4) is 0 Å². The van der Waals surface area contributed by atoms with Crippen LogP contribution in [0.15, 0.2) is 24.3 Å². The molecule has 18 heavy (non-hydrogen) atoms. The highest BCUT2D eigenvalue weighted by molar-refractivity contribution is 5.65. The first kappa shape index (κ1) is 12.5. The van der Waals surface area contributed by atoms with Gasteiger partial charge in [0.2, 0.25) is 0 Å². The highest BCUT2D eigenvalue weighted by Crippen LogP contribution is 2.25. The number of benzene rings is 1. The van der Waals surface area contributed by atoms with Crippen molar-refractivity contribution in [2.75, 3.05) is 32.1 Å². The summed E-state index contributed by atoms with van der Waals surface area (Å²) in [5, 5.41) is 8.97. The lowest BCUT2D eigenvalue weighted by atomic mass is 10.2. The van der Waals surface area contributed by atoms with Crippen LogP contribution in [0.25, 0.3) is 0 Å². The average molecular weight is 250 g/mol. The van der Waals surface area contributed by atoms with Crippen LogP contribution in [0.2, 0.25) is 0 Å². The van der Waals surface area contributed by atoms with Crippen molar-refractivity contribution in [2.45, 2.75) is 12.5 Å². The lowest BCUT2D eigenvalue weighted by Gasteiger charge is -2.23. The molecule has 1 aliphatic heterocycles. The molecule has 1 amide bonds. The molecule has 5 heteroatoms. The summed E-state index contributed by atoms with van der Waals surface area (Å²) in [6, 6.07) is 7.91. The summed E-state index contributed by atoms with van der Waals surface area (Å²) in [5.74, 6) is 0.822. The minimum atomic E-state index is -0.868. The van der Waals surface area contributed by atoms with Crippen molar-refractivity contribution in [3.63, 3.8) is 0 Å². The topological polar surface area (TPSA) is 53.0 Å². The van der Waals surface area contributed by atoms with Crippen LogP contribution in [-0.2, 0) is 0 Å². The van der Waals surface area contributed by atoms with Gasteiger partial charge in [0, 0.05) is 31.9 Å². The lowest BCUT2D eigenvalue weighted by Crippen LogP contribution is -2.38. The SMILES string of the molecule is COc1cccc(N2CC[C@H](N(C)C(=O)O)C2)c1. The summed E-state index contributed by atoms with van der Waals surface area (Å²) in [4.78, 5) is 14.5. The van der Waals surface area contributed by atoms with Crippen molar-refractivity contribution in [1.82, 2.24) is 4.90 Å². The van der Waals surface area contributed by atoms with Crippen LogP contribution < -0.4 is 9.64 Å². The number of ether oxygens (including phenoxy) is 1. The largest absolute Gasteiger partial charge is 0.497 e. The van der Waals surface area contributed by atoms with Gasteiger partial charge in [0.1, 0.15) is 5.75 Å². The maximum absolute atomic E-state index is 10.9. The third-order valence-electron chi connectivity index (χ3n) is 3.43. The van der Waals surface area contributed by atoms with Gasteiger partial charge in [-0.3, -0.25) is 0 Å². The van der Waals surface area contributed by atoms with Crippen molar-refractivity contribution in [2.24, 2.45) is 0 Å². The molecular weight excluding hydrogens is 232 g/mol. The summed E-state index contributed by atoms with van der Waals surface area (Å²) in [7, 11) is 3.27. The minimum Gasteiger partial charge on any atom is -0.497 e. The number of likely N-dealkylation sites (N-methyl/N-ethyl adjacent to an activating group) is 1. The first-order chi connectivity index (χ1) is 8.61. The molecular formula is C13H18N2O3. The van der Waals surface area contributed by atoms with Crippen LogP contribution in [0.4, 0.5) is 10.5 Å². The Kier molecular flexibility index (Phi) is 3.60. The first-order valence-corrected chi connectivity index (χ1v) is 5.96. The number of hydrogen-bond acceptors (Lipinski definition) is 3. The van der Waals surface area contributed by atoms with Gasteiger partial charge in [-0.15, -0.1) is 0 Å². The number of rotatable bonds is 3. The first-order valence-electron chi connectivity index (χ1n) is 5.96. The van der Waals surface area contributed by atoms with Crippen LogP contribution in [0.5, 0.6) is 5.75 Å². The predicted octanol–water partition coefficient (Wildman–Crippen LogP) is 1.88. The zero-order valence-electron chi connectivity index (χ0n) is 10.7. The Bertz CT molecular complexity index is 436. The monoisotopic (exact) mass is 250 g/mol. The van der Waals surface area contributed by atoms with E-state index in [1.807, 2.05) is 24.3 Å². The van der Waals surface area contributed by atoms with Gasteiger partial charge in [-0.05, 0) is 18.6 Å². The van der Waals surface area contributed by atoms with E-state index in [4.69, 9.17) is 9.84 Å². The predicted molar refractivity (Wildman–Crippen MR) is 69.4 cm³/mol.